The van der Waals surface area contributed by atoms with Crippen molar-refractivity contribution in [2.45, 2.75) is 22.6 Å². The third-order valence-corrected chi connectivity index (χ3v) is 7.91. The van der Waals surface area contributed by atoms with Gasteiger partial charge in [-0.25, -0.2) is 21.6 Å². The van der Waals surface area contributed by atoms with Crippen LogP contribution in [0.5, 0.6) is 0 Å². The van der Waals surface area contributed by atoms with Crippen LogP contribution in [-0.2, 0) is 20.0 Å². The molecular weight excluding hydrogens is 414 g/mol. The number of nitrogens with one attached hydrogen (secondary N) is 1. The van der Waals surface area contributed by atoms with Crippen LogP contribution in [0.1, 0.15) is 23.2 Å². The SMILES string of the molecule is CN(C)c1ccc(C(=O)NS(=O)(=O)c2cccc(S(=O)(=O)N3CCCC3)c2)cc1. The first kappa shape index (κ1) is 21.3. The summed E-state index contributed by atoms with van der Waals surface area (Å²) in [5.74, 6) is -0.789. The lowest BCUT2D eigenvalue weighted by Gasteiger charge is -2.16. The van der Waals surface area contributed by atoms with Crippen LogP contribution in [0.4, 0.5) is 5.69 Å². The molecule has 0 saturated carbocycles. The van der Waals surface area contributed by atoms with Gasteiger partial charge in [-0.3, -0.25) is 4.79 Å². The Labute approximate surface area is 171 Å². The molecule has 1 amide bonds. The van der Waals surface area contributed by atoms with Gasteiger partial charge in [0.15, 0.2) is 0 Å². The molecule has 1 saturated heterocycles. The van der Waals surface area contributed by atoms with Crippen molar-refractivity contribution in [1.82, 2.24) is 9.03 Å². The number of carbonyl (C=O) groups is 1. The largest absolute Gasteiger partial charge is 0.378 e. The highest BCUT2D eigenvalue weighted by Gasteiger charge is 2.28. The molecule has 1 N–H and O–H groups in total. The van der Waals surface area contributed by atoms with Crippen molar-refractivity contribution in [3.8, 4) is 0 Å². The quantitative estimate of drug-likeness (QED) is 0.737. The van der Waals surface area contributed by atoms with Gasteiger partial charge in [0.05, 0.1) is 9.79 Å². The molecule has 8 nitrogen and oxygen atoms in total. The Morgan fingerprint density at radius 1 is 0.931 bits per heavy atom. The molecule has 0 aliphatic carbocycles. The number of anilines is 1. The van der Waals surface area contributed by atoms with Crippen LogP contribution in [0.25, 0.3) is 0 Å². The molecule has 1 aliphatic rings. The molecular formula is C19H23N3O5S2. The molecule has 1 fully saturated rings. The van der Waals surface area contributed by atoms with Gasteiger partial charge in [0, 0.05) is 38.4 Å². The number of carbonyl (C=O) groups excluding carboxylic acids is 1. The molecule has 0 spiro atoms. The minimum absolute atomic E-state index is 0.106. The lowest BCUT2D eigenvalue weighted by atomic mass is 10.2. The summed E-state index contributed by atoms with van der Waals surface area (Å²) in [6.45, 7) is 0.831. The highest BCUT2D eigenvalue weighted by Crippen LogP contribution is 2.23. The lowest BCUT2D eigenvalue weighted by Crippen LogP contribution is -2.31. The third-order valence-electron chi connectivity index (χ3n) is 4.69. The molecule has 0 unspecified atom stereocenters. The number of sulfonamides is 2. The second-order valence-corrected chi connectivity index (χ2v) is 10.6. The number of hydrogen-bond acceptors (Lipinski definition) is 6. The molecule has 0 aromatic heterocycles. The number of amides is 1. The van der Waals surface area contributed by atoms with Gasteiger partial charge in [0.1, 0.15) is 0 Å². The van der Waals surface area contributed by atoms with Crippen molar-refractivity contribution < 1.29 is 21.6 Å². The van der Waals surface area contributed by atoms with Gasteiger partial charge in [0.25, 0.3) is 15.9 Å². The van der Waals surface area contributed by atoms with Crippen LogP contribution in [0.2, 0.25) is 0 Å². The first-order valence-electron chi connectivity index (χ1n) is 9.06. The first-order chi connectivity index (χ1) is 13.6. The summed E-state index contributed by atoms with van der Waals surface area (Å²) in [7, 11) is -4.30. The molecule has 10 heteroatoms. The standard InChI is InChI=1S/C19H23N3O5S2/c1-21(2)16-10-8-15(9-11-16)19(23)20-28(24,25)17-6-5-7-18(14-17)29(26,27)22-12-3-4-13-22/h5-11,14H,3-4,12-13H2,1-2H3,(H,20,23). The van der Waals surface area contributed by atoms with Crippen molar-refractivity contribution in [2.24, 2.45) is 0 Å². The summed E-state index contributed by atoms with van der Waals surface area (Å²) in [5, 5.41) is 0. The van der Waals surface area contributed by atoms with Gasteiger partial charge in [-0.05, 0) is 55.3 Å². The van der Waals surface area contributed by atoms with E-state index in [1.807, 2.05) is 23.7 Å². The van der Waals surface area contributed by atoms with E-state index in [9.17, 15) is 21.6 Å². The molecule has 156 valence electrons. The Balaban J connectivity index is 1.83. The molecule has 29 heavy (non-hydrogen) atoms. The fourth-order valence-corrected chi connectivity index (χ4v) is 5.69. The van der Waals surface area contributed by atoms with Gasteiger partial charge in [-0.15, -0.1) is 0 Å². The number of rotatable bonds is 6. The Morgan fingerprint density at radius 3 is 2.10 bits per heavy atom. The third kappa shape index (κ3) is 4.60. The van der Waals surface area contributed by atoms with E-state index in [4.69, 9.17) is 0 Å². The van der Waals surface area contributed by atoms with Crippen molar-refractivity contribution in [3.63, 3.8) is 0 Å². The molecule has 1 aliphatic heterocycles. The van der Waals surface area contributed by atoms with Gasteiger partial charge in [-0.1, -0.05) is 6.07 Å². The second-order valence-electron chi connectivity index (χ2n) is 6.96. The minimum atomic E-state index is -4.23. The average molecular weight is 438 g/mol. The maximum absolute atomic E-state index is 12.7. The topological polar surface area (TPSA) is 104 Å². The van der Waals surface area contributed by atoms with Gasteiger partial charge < -0.3 is 4.90 Å². The molecule has 0 radical (unpaired) electrons. The van der Waals surface area contributed by atoms with Crippen molar-refractivity contribution in [3.05, 3.63) is 54.1 Å². The molecule has 1 heterocycles. The Kier molecular flexibility index (Phi) is 5.97. The van der Waals surface area contributed by atoms with E-state index in [1.54, 1.807) is 12.1 Å². The molecule has 0 atom stereocenters. The fourth-order valence-electron chi connectivity index (χ4n) is 3.03. The van der Waals surface area contributed by atoms with E-state index in [2.05, 4.69) is 0 Å². The van der Waals surface area contributed by atoms with E-state index in [0.717, 1.165) is 24.6 Å². The second kappa shape index (κ2) is 8.13. The van der Waals surface area contributed by atoms with Gasteiger partial charge in [-0.2, -0.15) is 4.31 Å². The summed E-state index contributed by atoms with van der Waals surface area (Å²) in [4.78, 5) is 13.8. The van der Waals surface area contributed by atoms with Gasteiger partial charge in [0.2, 0.25) is 10.0 Å². The summed E-state index contributed by atoms with van der Waals surface area (Å²) >= 11 is 0. The first-order valence-corrected chi connectivity index (χ1v) is 12.0. The van der Waals surface area contributed by atoms with E-state index in [-0.39, 0.29) is 15.4 Å². The maximum atomic E-state index is 12.7. The van der Waals surface area contributed by atoms with Crippen molar-refractivity contribution in [2.75, 3.05) is 32.1 Å². The van der Waals surface area contributed by atoms with Crippen molar-refractivity contribution >= 4 is 31.6 Å². The molecule has 3 rings (SSSR count). The smallest absolute Gasteiger partial charge is 0.264 e. The zero-order valence-electron chi connectivity index (χ0n) is 16.2. The predicted octanol–water partition coefficient (Wildman–Crippen LogP) is 1.66. The number of benzene rings is 2. The Morgan fingerprint density at radius 2 is 1.52 bits per heavy atom. The number of hydrogen-bond donors (Lipinski definition) is 1. The summed E-state index contributed by atoms with van der Waals surface area (Å²) in [6.07, 6.45) is 1.56. The molecule has 0 bridgehead atoms. The van der Waals surface area contributed by atoms with E-state index in [1.165, 1.54) is 34.6 Å². The highest BCUT2D eigenvalue weighted by molar-refractivity contribution is 7.90. The van der Waals surface area contributed by atoms with Crippen LogP contribution in [0, 0.1) is 0 Å². The summed E-state index contributed by atoms with van der Waals surface area (Å²) in [5.41, 5.74) is 1.05. The van der Waals surface area contributed by atoms with Crippen LogP contribution >= 0.6 is 0 Å². The van der Waals surface area contributed by atoms with Gasteiger partial charge >= 0.3 is 0 Å². The average Bonchev–Trinajstić information content (AvgIpc) is 3.23. The van der Waals surface area contributed by atoms with Crippen LogP contribution in [0.15, 0.2) is 58.3 Å². The Bertz CT molecular complexity index is 1100. The zero-order chi connectivity index (χ0) is 21.2. The lowest BCUT2D eigenvalue weighted by molar-refractivity contribution is 0.0981. The van der Waals surface area contributed by atoms with Crippen LogP contribution < -0.4 is 9.62 Å². The summed E-state index contributed by atoms with van der Waals surface area (Å²) < 4.78 is 54.0. The monoisotopic (exact) mass is 437 g/mol. The van der Waals surface area contributed by atoms with E-state index >= 15 is 0 Å². The normalized spacial score (nSPS) is 15.2. The van der Waals surface area contributed by atoms with Crippen molar-refractivity contribution in [1.29, 1.82) is 0 Å². The zero-order valence-corrected chi connectivity index (χ0v) is 17.8. The molecule has 2 aromatic rings. The highest BCUT2D eigenvalue weighted by atomic mass is 32.2. The minimum Gasteiger partial charge on any atom is -0.378 e. The van der Waals surface area contributed by atoms with E-state index < -0.39 is 26.0 Å². The van der Waals surface area contributed by atoms with Crippen LogP contribution in [-0.4, -0.2) is 54.2 Å². The van der Waals surface area contributed by atoms with Crippen LogP contribution in [0.3, 0.4) is 0 Å². The van der Waals surface area contributed by atoms with E-state index in [0.29, 0.717) is 13.1 Å². The maximum Gasteiger partial charge on any atom is 0.264 e. The summed E-state index contributed by atoms with van der Waals surface area (Å²) in [6, 6.07) is 11.5. The Hall–Kier alpha value is -2.43. The molecule has 2 aromatic carbocycles. The number of nitrogens with zero attached hydrogens (tertiary/aromatic N) is 2. The fraction of sp³-hybridized carbons (Fsp3) is 0.316. The predicted molar refractivity (Wildman–Crippen MR) is 110 cm³/mol.